The van der Waals surface area contributed by atoms with Crippen molar-refractivity contribution in [3.05, 3.63) is 144 Å². The van der Waals surface area contributed by atoms with E-state index in [1.807, 2.05) is 72.8 Å². The van der Waals surface area contributed by atoms with Gasteiger partial charge < -0.3 is 4.57 Å². The van der Waals surface area contributed by atoms with E-state index in [-0.39, 0.29) is 0 Å². The Morgan fingerprint density at radius 1 is 0.465 bits per heavy atom. The van der Waals surface area contributed by atoms with Crippen molar-refractivity contribution in [1.29, 1.82) is 15.8 Å². The van der Waals surface area contributed by atoms with Gasteiger partial charge in [0.05, 0.1) is 45.9 Å². The summed E-state index contributed by atoms with van der Waals surface area (Å²) >= 11 is 0. The first-order valence-electron chi connectivity index (χ1n) is 13.7. The Morgan fingerprint density at radius 2 is 0.977 bits per heavy atom. The number of aromatic nitrogens is 2. The minimum absolute atomic E-state index is 0.547. The molecule has 198 valence electrons. The molecule has 43 heavy (non-hydrogen) atoms. The minimum Gasteiger partial charge on any atom is -0.308 e. The lowest BCUT2D eigenvalue weighted by Crippen LogP contribution is -1.99. The molecule has 0 unspecified atom stereocenters. The van der Waals surface area contributed by atoms with Crippen LogP contribution in [0, 0.1) is 34.0 Å². The van der Waals surface area contributed by atoms with Crippen molar-refractivity contribution in [2.45, 2.75) is 0 Å². The van der Waals surface area contributed by atoms with Gasteiger partial charge in [-0.2, -0.15) is 15.8 Å². The van der Waals surface area contributed by atoms with E-state index in [0.717, 1.165) is 60.9 Å². The van der Waals surface area contributed by atoms with Gasteiger partial charge in [-0.15, -0.1) is 0 Å². The average Bonchev–Trinajstić information content (AvgIpc) is 3.43. The highest BCUT2D eigenvalue weighted by molar-refractivity contribution is 6.17. The maximum absolute atomic E-state index is 10.1. The molecular formula is C38H21N5. The van der Waals surface area contributed by atoms with Crippen molar-refractivity contribution in [3.63, 3.8) is 0 Å². The van der Waals surface area contributed by atoms with Gasteiger partial charge >= 0.3 is 0 Å². The highest BCUT2D eigenvalue weighted by Crippen LogP contribution is 2.42. The highest BCUT2D eigenvalue weighted by Gasteiger charge is 2.20. The molecule has 0 aliphatic heterocycles. The third-order valence-corrected chi connectivity index (χ3v) is 7.78. The third kappa shape index (κ3) is 4.37. The quantitative estimate of drug-likeness (QED) is 0.220. The van der Waals surface area contributed by atoms with E-state index in [1.165, 1.54) is 0 Å². The number of para-hydroxylation sites is 2. The van der Waals surface area contributed by atoms with Crippen molar-refractivity contribution >= 4 is 21.8 Å². The summed E-state index contributed by atoms with van der Waals surface area (Å²) in [6, 6.07) is 44.4. The van der Waals surface area contributed by atoms with E-state index in [0.29, 0.717) is 16.7 Å². The van der Waals surface area contributed by atoms with Crippen LogP contribution in [0.3, 0.4) is 0 Å². The lowest BCUT2D eigenvalue weighted by Gasteiger charge is -2.16. The zero-order valence-corrected chi connectivity index (χ0v) is 22.9. The maximum Gasteiger partial charge on any atom is 0.0992 e. The van der Waals surface area contributed by atoms with E-state index in [9.17, 15) is 15.8 Å². The minimum atomic E-state index is 0.547. The van der Waals surface area contributed by atoms with E-state index >= 15 is 0 Å². The molecule has 2 aromatic heterocycles. The van der Waals surface area contributed by atoms with Crippen molar-refractivity contribution in [2.75, 3.05) is 0 Å². The molecule has 0 bridgehead atoms. The largest absolute Gasteiger partial charge is 0.308 e. The average molecular weight is 548 g/mol. The van der Waals surface area contributed by atoms with E-state index in [1.54, 1.807) is 12.4 Å². The number of rotatable bonds is 4. The van der Waals surface area contributed by atoms with Gasteiger partial charge in [0.15, 0.2) is 0 Å². The molecule has 0 saturated carbocycles. The normalized spacial score (nSPS) is 10.7. The fourth-order valence-electron chi connectivity index (χ4n) is 5.80. The third-order valence-electron chi connectivity index (χ3n) is 7.78. The Bertz CT molecular complexity index is 2180. The van der Waals surface area contributed by atoms with Crippen molar-refractivity contribution in [2.24, 2.45) is 0 Å². The summed E-state index contributed by atoms with van der Waals surface area (Å²) in [4.78, 5) is 4.17. The summed E-state index contributed by atoms with van der Waals surface area (Å²) in [6.45, 7) is 0. The number of hydrogen-bond donors (Lipinski definition) is 0. The first-order chi connectivity index (χ1) is 21.2. The molecule has 0 aliphatic carbocycles. The smallest absolute Gasteiger partial charge is 0.0992 e. The van der Waals surface area contributed by atoms with Crippen molar-refractivity contribution < 1.29 is 0 Å². The Labute approximate surface area is 248 Å². The lowest BCUT2D eigenvalue weighted by atomic mass is 9.99. The number of nitrogens with zero attached hydrogens (tertiary/aromatic N) is 5. The molecule has 5 nitrogen and oxygen atoms in total. The Hall–Kier alpha value is -6.48. The molecule has 5 heteroatoms. The molecular weight excluding hydrogens is 526 g/mol. The molecule has 7 aromatic rings. The van der Waals surface area contributed by atoms with Crippen LogP contribution in [0.4, 0.5) is 0 Å². The molecule has 0 saturated heterocycles. The zero-order chi connectivity index (χ0) is 29.3. The van der Waals surface area contributed by atoms with Crippen molar-refractivity contribution in [3.8, 4) is 57.3 Å². The Kier molecular flexibility index (Phi) is 6.22. The molecule has 0 fully saturated rings. The van der Waals surface area contributed by atoms with Gasteiger partial charge in [-0.1, -0.05) is 60.7 Å². The van der Waals surface area contributed by atoms with E-state index in [4.69, 9.17) is 0 Å². The zero-order valence-electron chi connectivity index (χ0n) is 22.9. The molecule has 7 rings (SSSR count). The SMILES string of the molecule is N#Cc1ccc(-c2cccc3c4cccc(-c5ccc(C#N)cc5)c4n(-c4cc(C#N)cc(-c5ccncc5)c4)c23)cc1. The summed E-state index contributed by atoms with van der Waals surface area (Å²) in [6.07, 6.45) is 3.50. The molecule has 0 aliphatic rings. The maximum atomic E-state index is 10.1. The molecule has 2 heterocycles. The fourth-order valence-corrected chi connectivity index (χ4v) is 5.80. The predicted octanol–water partition coefficient (Wildman–Crippen LogP) is 8.79. The van der Waals surface area contributed by atoms with Crippen LogP contribution < -0.4 is 0 Å². The monoisotopic (exact) mass is 547 g/mol. The second kappa shape index (κ2) is 10.5. The number of fused-ring (bicyclic) bond motifs is 3. The van der Waals surface area contributed by atoms with Gasteiger partial charge in [-0.3, -0.25) is 4.98 Å². The summed E-state index contributed by atoms with van der Waals surface area (Å²) in [5.41, 5.74) is 10.5. The van der Waals surface area contributed by atoms with Crippen LogP contribution >= 0.6 is 0 Å². The number of hydrogen-bond acceptors (Lipinski definition) is 4. The topological polar surface area (TPSA) is 89.2 Å². The molecule has 0 atom stereocenters. The predicted molar refractivity (Wildman–Crippen MR) is 169 cm³/mol. The van der Waals surface area contributed by atoms with Gasteiger partial charge in [0, 0.05) is 40.0 Å². The molecule has 0 N–H and O–H groups in total. The molecule has 5 aromatic carbocycles. The van der Waals surface area contributed by atoms with Crippen LogP contribution in [-0.2, 0) is 0 Å². The van der Waals surface area contributed by atoms with Gasteiger partial charge in [-0.05, 0) is 76.9 Å². The molecule has 0 spiro atoms. The highest BCUT2D eigenvalue weighted by atomic mass is 15.0. The van der Waals surface area contributed by atoms with Crippen LogP contribution in [0.2, 0.25) is 0 Å². The van der Waals surface area contributed by atoms with Crippen LogP contribution in [-0.4, -0.2) is 9.55 Å². The first-order valence-corrected chi connectivity index (χ1v) is 13.7. The van der Waals surface area contributed by atoms with Crippen LogP contribution in [0.15, 0.2) is 128 Å². The van der Waals surface area contributed by atoms with Gasteiger partial charge in [-0.25, -0.2) is 0 Å². The van der Waals surface area contributed by atoms with Gasteiger partial charge in [0.2, 0.25) is 0 Å². The number of nitriles is 3. The van der Waals surface area contributed by atoms with Crippen molar-refractivity contribution in [1.82, 2.24) is 9.55 Å². The van der Waals surface area contributed by atoms with Gasteiger partial charge in [0.1, 0.15) is 0 Å². The fraction of sp³-hybridized carbons (Fsp3) is 0. The van der Waals surface area contributed by atoms with E-state index in [2.05, 4.69) is 70.2 Å². The summed E-state index contributed by atoms with van der Waals surface area (Å²) < 4.78 is 2.25. The lowest BCUT2D eigenvalue weighted by molar-refractivity contribution is 1.18. The number of pyridine rings is 1. The molecule has 0 radical (unpaired) electrons. The first kappa shape index (κ1) is 25.5. The summed E-state index contributed by atoms with van der Waals surface area (Å²) in [7, 11) is 0. The second-order valence-corrected chi connectivity index (χ2v) is 10.2. The number of benzene rings is 5. The standard InChI is InChI=1S/C38H21N5/c39-22-25-7-11-29(12-8-25)33-3-1-5-35-36-6-2-4-34(30-13-9-26(23-40)10-14-30)38(36)43(37(33)35)32-20-27(24-41)19-31(21-32)28-15-17-42-18-16-28/h1-21H. The van der Waals surface area contributed by atoms with Crippen LogP contribution in [0.1, 0.15) is 16.7 Å². The summed E-state index contributed by atoms with van der Waals surface area (Å²) in [5, 5.41) is 31.0. The van der Waals surface area contributed by atoms with Crippen LogP contribution in [0.25, 0.3) is 60.9 Å². The summed E-state index contributed by atoms with van der Waals surface area (Å²) in [5.74, 6) is 0. The Morgan fingerprint density at radius 3 is 1.47 bits per heavy atom. The van der Waals surface area contributed by atoms with Gasteiger partial charge in [0.25, 0.3) is 0 Å². The molecule has 0 amide bonds. The van der Waals surface area contributed by atoms with Crippen LogP contribution in [0.5, 0.6) is 0 Å². The Balaban J connectivity index is 1.63. The second-order valence-electron chi connectivity index (χ2n) is 10.2. The van der Waals surface area contributed by atoms with E-state index < -0.39 is 0 Å².